The molecule has 1 aromatic heterocycles. The van der Waals surface area contributed by atoms with E-state index in [1.807, 2.05) is 25.1 Å². The highest BCUT2D eigenvalue weighted by molar-refractivity contribution is 5.97. The Morgan fingerprint density at radius 2 is 2.14 bits per heavy atom. The normalized spacial score (nSPS) is 15.7. The van der Waals surface area contributed by atoms with Gasteiger partial charge in [-0.05, 0) is 30.7 Å². The molecule has 0 radical (unpaired) electrons. The molecule has 5 nitrogen and oxygen atoms in total. The quantitative estimate of drug-likeness (QED) is 0.788. The van der Waals surface area contributed by atoms with Crippen LogP contribution in [0.15, 0.2) is 30.3 Å². The number of aromatic nitrogens is 2. The number of anilines is 1. The molecule has 1 heterocycles. The molecular formula is C16H20N4O. The third-order valence-electron chi connectivity index (χ3n) is 3.99. The molecule has 1 aliphatic rings. The molecular weight excluding hydrogens is 264 g/mol. The van der Waals surface area contributed by atoms with E-state index in [4.69, 9.17) is 5.73 Å². The molecule has 1 atom stereocenters. The average Bonchev–Trinajstić information content (AvgIpc) is 3.28. The lowest BCUT2D eigenvalue weighted by molar-refractivity contribution is 0.0927. The van der Waals surface area contributed by atoms with E-state index in [0.717, 1.165) is 30.5 Å². The van der Waals surface area contributed by atoms with Crippen LogP contribution in [0.25, 0.3) is 0 Å². The van der Waals surface area contributed by atoms with Gasteiger partial charge in [0.2, 0.25) is 0 Å². The second-order valence-electron chi connectivity index (χ2n) is 5.52. The molecule has 2 aromatic rings. The van der Waals surface area contributed by atoms with Gasteiger partial charge in [-0.2, -0.15) is 5.10 Å². The number of nitrogens with one attached hydrogen (secondary N) is 2. The molecule has 1 fully saturated rings. The monoisotopic (exact) mass is 284 g/mol. The van der Waals surface area contributed by atoms with Gasteiger partial charge >= 0.3 is 0 Å². The first-order valence-electron chi connectivity index (χ1n) is 7.39. The van der Waals surface area contributed by atoms with E-state index < -0.39 is 0 Å². The molecule has 5 heteroatoms. The number of aryl methyl sites for hydroxylation is 1. The minimum atomic E-state index is -0.204. The number of hydrogen-bond acceptors (Lipinski definition) is 3. The van der Waals surface area contributed by atoms with Crippen LogP contribution in [0.4, 0.5) is 5.69 Å². The molecule has 1 unspecified atom stereocenters. The Morgan fingerprint density at radius 3 is 2.71 bits per heavy atom. The lowest BCUT2D eigenvalue weighted by atomic mass is 10.0. The maximum Gasteiger partial charge on any atom is 0.274 e. The van der Waals surface area contributed by atoms with Gasteiger partial charge in [0.05, 0.1) is 17.4 Å². The fourth-order valence-electron chi connectivity index (χ4n) is 2.60. The van der Waals surface area contributed by atoms with Gasteiger partial charge in [-0.25, -0.2) is 0 Å². The molecule has 0 bridgehead atoms. The molecule has 1 aliphatic carbocycles. The SMILES string of the molecule is CCc1[nH]nc(C(=O)NC(c2ccccc2)C2CC2)c1N. The van der Waals surface area contributed by atoms with Crippen LogP contribution >= 0.6 is 0 Å². The standard InChI is InChI=1S/C16H20N4O/c1-2-12-13(17)15(20-19-12)16(21)18-14(11-8-9-11)10-6-4-3-5-7-10/h3-7,11,14H,2,8-9,17H2,1H3,(H,18,21)(H,19,20). The lowest BCUT2D eigenvalue weighted by Crippen LogP contribution is -2.30. The summed E-state index contributed by atoms with van der Waals surface area (Å²) in [5.41, 5.74) is 8.67. The molecule has 21 heavy (non-hydrogen) atoms. The Hall–Kier alpha value is -2.30. The molecule has 1 amide bonds. The van der Waals surface area contributed by atoms with E-state index in [-0.39, 0.29) is 11.9 Å². The predicted octanol–water partition coefficient (Wildman–Crippen LogP) is 2.44. The van der Waals surface area contributed by atoms with Crippen LogP contribution in [0.5, 0.6) is 0 Å². The maximum absolute atomic E-state index is 12.4. The van der Waals surface area contributed by atoms with E-state index >= 15 is 0 Å². The van der Waals surface area contributed by atoms with Crippen molar-refractivity contribution in [3.63, 3.8) is 0 Å². The van der Waals surface area contributed by atoms with Crippen molar-refractivity contribution in [2.24, 2.45) is 5.92 Å². The summed E-state index contributed by atoms with van der Waals surface area (Å²) >= 11 is 0. The van der Waals surface area contributed by atoms with E-state index in [1.54, 1.807) is 0 Å². The van der Waals surface area contributed by atoms with Crippen LogP contribution in [0.3, 0.4) is 0 Å². The number of nitrogen functional groups attached to an aromatic ring is 1. The van der Waals surface area contributed by atoms with Gasteiger partial charge in [0.25, 0.3) is 5.91 Å². The third-order valence-corrected chi connectivity index (χ3v) is 3.99. The number of carbonyl (C=O) groups excluding carboxylic acids is 1. The van der Waals surface area contributed by atoms with Crippen molar-refractivity contribution in [3.8, 4) is 0 Å². The summed E-state index contributed by atoms with van der Waals surface area (Å²) in [6, 6.07) is 10.1. The second kappa shape index (κ2) is 5.60. The molecule has 3 rings (SSSR count). The summed E-state index contributed by atoms with van der Waals surface area (Å²) in [7, 11) is 0. The Morgan fingerprint density at radius 1 is 1.43 bits per heavy atom. The molecule has 0 aliphatic heterocycles. The molecule has 0 spiro atoms. The van der Waals surface area contributed by atoms with Gasteiger partial charge in [0.15, 0.2) is 5.69 Å². The number of hydrogen-bond donors (Lipinski definition) is 3. The summed E-state index contributed by atoms with van der Waals surface area (Å²) in [5, 5.41) is 9.97. The third kappa shape index (κ3) is 2.77. The zero-order chi connectivity index (χ0) is 14.8. The summed E-state index contributed by atoms with van der Waals surface area (Å²) in [4.78, 5) is 12.4. The lowest BCUT2D eigenvalue weighted by Gasteiger charge is -2.18. The summed E-state index contributed by atoms with van der Waals surface area (Å²) in [5.74, 6) is 0.311. The van der Waals surface area contributed by atoms with Crippen LogP contribution in [-0.4, -0.2) is 16.1 Å². The topological polar surface area (TPSA) is 83.8 Å². The van der Waals surface area contributed by atoms with Crippen molar-refractivity contribution in [2.75, 3.05) is 5.73 Å². The number of nitrogens with two attached hydrogens (primary N) is 1. The van der Waals surface area contributed by atoms with Crippen LogP contribution in [0.2, 0.25) is 0 Å². The Kier molecular flexibility index (Phi) is 3.64. The Bertz CT molecular complexity index is 631. The number of benzene rings is 1. The molecule has 110 valence electrons. The molecule has 4 N–H and O–H groups in total. The van der Waals surface area contributed by atoms with Crippen molar-refractivity contribution in [2.45, 2.75) is 32.2 Å². The van der Waals surface area contributed by atoms with E-state index in [0.29, 0.717) is 17.3 Å². The average molecular weight is 284 g/mol. The molecule has 1 aromatic carbocycles. The largest absolute Gasteiger partial charge is 0.395 e. The number of nitrogens with zero attached hydrogens (tertiary/aromatic N) is 1. The van der Waals surface area contributed by atoms with Gasteiger partial charge in [-0.15, -0.1) is 0 Å². The number of amides is 1. The first-order valence-corrected chi connectivity index (χ1v) is 7.39. The summed E-state index contributed by atoms with van der Waals surface area (Å²) in [6.45, 7) is 1.97. The van der Waals surface area contributed by atoms with Crippen LogP contribution in [-0.2, 0) is 6.42 Å². The first kappa shape index (κ1) is 13.7. The number of carbonyl (C=O) groups is 1. The highest BCUT2D eigenvalue weighted by Crippen LogP contribution is 2.41. The highest BCUT2D eigenvalue weighted by atomic mass is 16.2. The first-order chi connectivity index (χ1) is 10.2. The second-order valence-corrected chi connectivity index (χ2v) is 5.52. The van der Waals surface area contributed by atoms with Gasteiger partial charge in [0.1, 0.15) is 0 Å². The van der Waals surface area contributed by atoms with Crippen molar-refractivity contribution in [3.05, 3.63) is 47.3 Å². The van der Waals surface area contributed by atoms with Gasteiger partial charge in [-0.3, -0.25) is 9.89 Å². The molecule has 0 saturated heterocycles. The fourth-order valence-corrected chi connectivity index (χ4v) is 2.60. The van der Waals surface area contributed by atoms with Crippen LogP contribution in [0, 0.1) is 5.92 Å². The number of rotatable bonds is 5. The smallest absolute Gasteiger partial charge is 0.274 e. The maximum atomic E-state index is 12.4. The zero-order valence-electron chi connectivity index (χ0n) is 12.1. The Balaban J connectivity index is 1.80. The van der Waals surface area contributed by atoms with Gasteiger partial charge < -0.3 is 11.1 Å². The van der Waals surface area contributed by atoms with Crippen molar-refractivity contribution in [1.82, 2.24) is 15.5 Å². The minimum absolute atomic E-state index is 0.0416. The van der Waals surface area contributed by atoms with Crippen LogP contribution in [0.1, 0.15) is 47.6 Å². The summed E-state index contributed by atoms with van der Waals surface area (Å²) in [6.07, 6.45) is 3.03. The number of aromatic amines is 1. The summed E-state index contributed by atoms with van der Waals surface area (Å²) < 4.78 is 0. The van der Waals surface area contributed by atoms with Crippen molar-refractivity contribution >= 4 is 11.6 Å². The van der Waals surface area contributed by atoms with Crippen molar-refractivity contribution in [1.29, 1.82) is 0 Å². The Labute approximate surface area is 123 Å². The predicted molar refractivity (Wildman–Crippen MR) is 81.8 cm³/mol. The van der Waals surface area contributed by atoms with Crippen LogP contribution < -0.4 is 11.1 Å². The highest BCUT2D eigenvalue weighted by Gasteiger charge is 2.34. The van der Waals surface area contributed by atoms with Gasteiger partial charge in [0, 0.05) is 0 Å². The minimum Gasteiger partial charge on any atom is -0.395 e. The van der Waals surface area contributed by atoms with E-state index in [2.05, 4.69) is 27.6 Å². The fraction of sp³-hybridized carbons (Fsp3) is 0.375. The number of H-pyrrole nitrogens is 1. The zero-order valence-corrected chi connectivity index (χ0v) is 12.1. The van der Waals surface area contributed by atoms with Gasteiger partial charge in [-0.1, -0.05) is 37.3 Å². The van der Waals surface area contributed by atoms with E-state index in [1.165, 1.54) is 0 Å². The van der Waals surface area contributed by atoms with E-state index in [9.17, 15) is 4.79 Å². The van der Waals surface area contributed by atoms with Crippen molar-refractivity contribution < 1.29 is 4.79 Å². The molecule has 1 saturated carbocycles.